The molecule has 1 aliphatic heterocycles. The molecule has 0 spiro atoms. The lowest BCUT2D eigenvalue weighted by molar-refractivity contribution is 0.177. The first-order chi connectivity index (χ1) is 10.0. The summed E-state index contributed by atoms with van der Waals surface area (Å²) < 4.78 is 14.9. The molecule has 1 aliphatic rings. The molecule has 1 fully saturated rings. The number of halogens is 2. The van der Waals surface area contributed by atoms with Crippen molar-refractivity contribution in [2.75, 3.05) is 33.7 Å². The Labute approximate surface area is 134 Å². The number of nitrogens with zero attached hydrogens (tertiary/aromatic N) is 2. The topological polar surface area (TPSA) is 44.5 Å². The zero-order valence-corrected chi connectivity index (χ0v) is 14.2. The third-order valence-corrected chi connectivity index (χ3v) is 4.73. The molecule has 4 nitrogen and oxygen atoms in total. The summed E-state index contributed by atoms with van der Waals surface area (Å²) in [6.07, 6.45) is 1.72. The maximum atomic E-state index is 14.0. The van der Waals surface area contributed by atoms with Gasteiger partial charge in [-0.3, -0.25) is 11.3 Å². The van der Waals surface area contributed by atoms with Crippen LogP contribution in [0.2, 0.25) is 0 Å². The van der Waals surface area contributed by atoms with Gasteiger partial charge in [-0.1, -0.05) is 15.9 Å². The van der Waals surface area contributed by atoms with Crippen LogP contribution in [0.4, 0.5) is 4.39 Å². The van der Waals surface area contributed by atoms with Crippen LogP contribution in [-0.4, -0.2) is 55.6 Å². The van der Waals surface area contributed by atoms with Gasteiger partial charge in [-0.05, 0) is 63.8 Å². The van der Waals surface area contributed by atoms with E-state index in [0.717, 1.165) is 30.5 Å². The fraction of sp³-hybridized carbons (Fsp3) is 0.600. The van der Waals surface area contributed by atoms with Crippen molar-refractivity contribution in [1.29, 1.82) is 0 Å². The fourth-order valence-corrected chi connectivity index (χ4v) is 3.39. The second-order valence-electron chi connectivity index (χ2n) is 5.88. The van der Waals surface area contributed by atoms with Gasteiger partial charge in [0.1, 0.15) is 5.82 Å². The van der Waals surface area contributed by atoms with Crippen LogP contribution in [0.15, 0.2) is 22.7 Å². The number of hydrogen-bond donors (Lipinski definition) is 2. The molecule has 2 rings (SSSR count). The van der Waals surface area contributed by atoms with E-state index in [1.165, 1.54) is 6.07 Å². The molecular weight excluding hydrogens is 335 g/mol. The van der Waals surface area contributed by atoms with E-state index in [4.69, 9.17) is 5.84 Å². The molecule has 0 bridgehead atoms. The molecule has 21 heavy (non-hydrogen) atoms. The van der Waals surface area contributed by atoms with Gasteiger partial charge in [-0.2, -0.15) is 0 Å². The maximum Gasteiger partial charge on any atom is 0.126 e. The van der Waals surface area contributed by atoms with Crippen LogP contribution < -0.4 is 11.3 Å². The molecule has 1 aromatic carbocycles. The highest BCUT2D eigenvalue weighted by molar-refractivity contribution is 9.10. The molecule has 1 saturated heterocycles. The van der Waals surface area contributed by atoms with E-state index in [2.05, 4.69) is 45.3 Å². The second kappa shape index (κ2) is 7.65. The maximum absolute atomic E-state index is 14.0. The zero-order chi connectivity index (χ0) is 15.4. The number of hydrogen-bond acceptors (Lipinski definition) is 4. The minimum atomic E-state index is -0.178. The number of hydrazine groups is 1. The van der Waals surface area contributed by atoms with Crippen LogP contribution in [0.1, 0.15) is 12.0 Å². The first-order valence-corrected chi connectivity index (χ1v) is 8.09. The first kappa shape index (κ1) is 16.8. The van der Waals surface area contributed by atoms with E-state index in [9.17, 15) is 4.39 Å². The Balaban J connectivity index is 2.16. The average Bonchev–Trinajstić information content (AvgIpc) is 2.61. The van der Waals surface area contributed by atoms with Gasteiger partial charge in [0.2, 0.25) is 0 Å². The monoisotopic (exact) mass is 358 g/mol. The Kier molecular flexibility index (Phi) is 6.13. The molecule has 2 unspecified atom stereocenters. The minimum absolute atomic E-state index is 0.0133. The standard InChI is InChI=1S/C15H24BrFN4/c1-20-6-3-7-21(2)15(10-20)14(19-18)9-11-8-12(16)4-5-13(11)17/h4-5,8,14-15,19H,3,6-7,9-10,18H2,1-2H3. The minimum Gasteiger partial charge on any atom is -0.305 e. The van der Waals surface area contributed by atoms with Crippen molar-refractivity contribution >= 4 is 15.9 Å². The predicted octanol–water partition coefficient (Wildman–Crippen LogP) is 1.60. The zero-order valence-electron chi connectivity index (χ0n) is 12.6. The van der Waals surface area contributed by atoms with Crippen molar-refractivity contribution in [3.05, 3.63) is 34.1 Å². The molecule has 0 amide bonds. The van der Waals surface area contributed by atoms with E-state index in [1.807, 2.05) is 6.07 Å². The Bertz CT molecular complexity index is 471. The van der Waals surface area contributed by atoms with Gasteiger partial charge in [0, 0.05) is 23.1 Å². The highest BCUT2D eigenvalue weighted by Gasteiger charge is 2.28. The Hall–Kier alpha value is -0.530. The van der Waals surface area contributed by atoms with Crippen LogP contribution >= 0.6 is 15.9 Å². The van der Waals surface area contributed by atoms with Gasteiger partial charge in [-0.25, -0.2) is 4.39 Å². The first-order valence-electron chi connectivity index (χ1n) is 7.30. The molecule has 0 saturated carbocycles. The van der Waals surface area contributed by atoms with Gasteiger partial charge in [0.05, 0.1) is 0 Å². The summed E-state index contributed by atoms with van der Waals surface area (Å²) in [7, 11) is 4.24. The van der Waals surface area contributed by atoms with E-state index in [1.54, 1.807) is 6.07 Å². The van der Waals surface area contributed by atoms with Crippen molar-refractivity contribution in [2.24, 2.45) is 5.84 Å². The SMILES string of the molecule is CN1CCCN(C)C(C(Cc2cc(Br)ccc2F)NN)C1. The molecule has 1 aromatic rings. The number of likely N-dealkylation sites (N-methyl/N-ethyl adjacent to an activating group) is 2. The molecule has 0 radical (unpaired) electrons. The third kappa shape index (κ3) is 4.47. The predicted molar refractivity (Wildman–Crippen MR) is 87.4 cm³/mol. The smallest absolute Gasteiger partial charge is 0.126 e. The van der Waals surface area contributed by atoms with E-state index in [0.29, 0.717) is 12.0 Å². The lowest BCUT2D eigenvalue weighted by Crippen LogP contribution is -2.55. The number of nitrogens with one attached hydrogen (secondary N) is 1. The largest absolute Gasteiger partial charge is 0.305 e. The Morgan fingerprint density at radius 1 is 1.43 bits per heavy atom. The lowest BCUT2D eigenvalue weighted by Gasteiger charge is -2.34. The number of nitrogens with two attached hydrogens (primary N) is 1. The van der Waals surface area contributed by atoms with Gasteiger partial charge in [0.15, 0.2) is 0 Å². The van der Waals surface area contributed by atoms with Crippen LogP contribution in [0, 0.1) is 5.82 Å². The fourth-order valence-electron chi connectivity index (χ4n) is 2.98. The summed E-state index contributed by atoms with van der Waals surface area (Å²) in [5, 5.41) is 0. The highest BCUT2D eigenvalue weighted by Crippen LogP contribution is 2.19. The van der Waals surface area contributed by atoms with Crippen molar-refractivity contribution in [2.45, 2.75) is 24.9 Å². The summed E-state index contributed by atoms with van der Waals surface area (Å²) in [6, 6.07) is 5.32. The van der Waals surface area contributed by atoms with E-state index < -0.39 is 0 Å². The molecular formula is C15H24BrFN4. The van der Waals surface area contributed by atoms with Crippen LogP contribution in [0.5, 0.6) is 0 Å². The number of rotatable bonds is 4. The normalized spacial score (nSPS) is 23.0. The summed E-state index contributed by atoms with van der Waals surface area (Å²) in [5.41, 5.74) is 3.58. The molecule has 6 heteroatoms. The third-order valence-electron chi connectivity index (χ3n) is 4.24. The quantitative estimate of drug-likeness (QED) is 0.633. The Morgan fingerprint density at radius 3 is 2.90 bits per heavy atom. The highest BCUT2D eigenvalue weighted by atomic mass is 79.9. The van der Waals surface area contributed by atoms with Crippen LogP contribution in [0.3, 0.4) is 0 Å². The van der Waals surface area contributed by atoms with Gasteiger partial charge >= 0.3 is 0 Å². The summed E-state index contributed by atoms with van der Waals surface area (Å²) in [5.74, 6) is 5.59. The molecule has 0 aromatic heterocycles. The lowest BCUT2D eigenvalue weighted by atomic mass is 9.98. The molecule has 3 N–H and O–H groups in total. The average molecular weight is 359 g/mol. The van der Waals surface area contributed by atoms with Gasteiger partial charge in [-0.15, -0.1) is 0 Å². The number of benzene rings is 1. The van der Waals surface area contributed by atoms with Crippen molar-refractivity contribution in [1.82, 2.24) is 15.2 Å². The van der Waals surface area contributed by atoms with Crippen molar-refractivity contribution < 1.29 is 4.39 Å². The molecule has 1 heterocycles. The van der Waals surface area contributed by atoms with Crippen LogP contribution in [-0.2, 0) is 6.42 Å². The van der Waals surface area contributed by atoms with Gasteiger partial charge < -0.3 is 9.80 Å². The molecule has 2 atom stereocenters. The summed E-state index contributed by atoms with van der Waals surface area (Å²) in [4.78, 5) is 4.64. The molecule has 0 aliphatic carbocycles. The second-order valence-corrected chi connectivity index (χ2v) is 6.79. The summed E-state index contributed by atoms with van der Waals surface area (Å²) in [6.45, 7) is 3.05. The van der Waals surface area contributed by atoms with E-state index in [-0.39, 0.29) is 17.9 Å². The van der Waals surface area contributed by atoms with E-state index >= 15 is 0 Å². The van der Waals surface area contributed by atoms with Crippen LogP contribution in [0.25, 0.3) is 0 Å². The Morgan fingerprint density at radius 2 is 2.19 bits per heavy atom. The summed E-state index contributed by atoms with van der Waals surface area (Å²) >= 11 is 3.40. The van der Waals surface area contributed by atoms with Crippen molar-refractivity contribution in [3.8, 4) is 0 Å². The van der Waals surface area contributed by atoms with Crippen molar-refractivity contribution in [3.63, 3.8) is 0 Å². The van der Waals surface area contributed by atoms with Gasteiger partial charge in [0.25, 0.3) is 0 Å². The molecule has 118 valence electrons.